The molecule has 0 unspecified atom stereocenters. The van der Waals surface area contributed by atoms with Crippen molar-refractivity contribution in [1.82, 2.24) is 9.97 Å². The van der Waals surface area contributed by atoms with E-state index in [2.05, 4.69) is 9.97 Å². The molecule has 0 bridgehead atoms. The predicted molar refractivity (Wildman–Crippen MR) is 77.5 cm³/mol. The van der Waals surface area contributed by atoms with Crippen molar-refractivity contribution in [3.8, 4) is 11.1 Å². The number of hydrogen-bond donors (Lipinski definition) is 1. The van der Waals surface area contributed by atoms with Crippen LogP contribution in [0.1, 0.15) is 10.5 Å². The van der Waals surface area contributed by atoms with E-state index in [9.17, 15) is 9.90 Å². The third-order valence-corrected chi connectivity index (χ3v) is 3.36. The highest BCUT2D eigenvalue weighted by molar-refractivity contribution is 5.94. The lowest BCUT2D eigenvalue weighted by atomic mass is 10.1. The number of rotatable bonds is 3. The molecule has 1 aromatic carbocycles. The van der Waals surface area contributed by atoms with Crippen molar-refractivity contribution in [3.05, 3.63) is 42.2 Å². The summed E-state index contributed by atoms with van der Waals surface area (Å²) in [6, 6.07) is 9.29. The molecule has 108 valence electrons. The van der Waals surface area contributed by atoms with Gasteiger partial charge in [0.25, 0.3) is 0 Å². The zero-order valence-electron chi connectivity index (χ0n) is 11.4. The van der Waals surface area contributed by atoms with Gasteiger partial charge < -0.3 is 14.7 Å². The number of morpholine rings is 1. The Labute approximate surface area is 122 Å². The average molecular weight is 285 g/mol. The second kappa shape index (κ2) is 5.88. The highest BCUT2D eigenvalue weighted by atomic mass is 16.5. The van der Waals surface area contributed by atoms with E-state index in [0.29, 0.717) is 37.8 Å². The SMILES string of the molecule is O=C(O)c1nc(N2CCOCC2)ncc1-c1ccccc1. The minimum Gasteiger partial charge on any atom is -0.476 e. The Morgan fingerprint density at radius 3 is 2.57 bits per heavy atom. The predicted octanol–water partition coefficient (Wildman–Crippen LogP) is 1.68. The van der Waals surface area contributed by atoms with Gasteiger partial charge in [-0.2, -0.15) is 0 Å². The van der Waals surface area contributed by atoms with E-state index in [1.165, 1.54) is 0 Å². The summed E-state index contributed by atoms with van der Waals surface area (Å²) in [4.78, 5) is 22.0. The lowest BCUT2D eigenvalue weighted by Gasteiger charge is -2.27. The topological polar surface area (TPSA) is 75.5 Å². The van der Waals surface area contributed by atoms with Crippen LogP contribution in [0.15, 0.2) is 36.5 Å². The molecule has 6 nitrogen and oxygen atoms in total. The van der Waals surface area contributed by atoms with Gasteiger partial charge in [0.2, 0.25) is 5.95 Å². The Hall–Kier alpha value is -2.47. The summed E-state index contributed by atoms with van der Waals surface area (Å²) in [6.07, 6.45) is 1.58. The number of carboxylic acid groups (broad SMARTS) is 1. The van der Waals surface area contributed by atoms with Gasteiger partial charge in [-0.05, 0) is 5.56 Å². The molecule has 1 aliphatic rings. The summed E-state index contributed by atoms with van der Waals surface area (Å²) in [5.41, 5.74) is 1.35. The highest BCUT2D eigenvalue weighted by Crippen LogP contribution is 2.23. The van der Waals surface area contributed by atoms with Gasteiger partial charge in [-0.1, -0.05) is 30.3 Å². The van der Waals surface area contributed by atoms with Gasteiger partial charge in [0.05, 0.1) is 13.2 Å². The molecule has 0 amide bonds. The molecule has 1 aliphatic heterocycles. The van der Waals surface area contributed by atoms with E-state index in [0.717, 1.165) is 5.56 Å². The molecule has 1 N–H and O–H groups in total. The smallest absolute Gasteiger partial charge is 0.355 e. The summed E-state index contributed by atoms with van der Waals surface area (Å²) in [7, 11) is 0. The maximum atomic E-state index is 11.5. The fraction of sp³-hybridized carbons (Fsp3) is 0.267. The van der Waals surface area contributed by atoms with Crippen molar-refractivity contribution in [2.45, 2.75) is 0 Å². The lowest BCUT2D eigenvalue weighted by molar-refractivity contribution is 0.0691. The monoisotopic (exact) mass is 285 g/mol. The second-order valence-electron chi connectivity index (χ2n) is 4.70. The molecule has 2 heterocycles. The van der Waals surface area contributed by atoms with Crippen LogP contribution in [0.5, 0.6) is 0 Å². The van der Waals surface area contributed by atoms with Gasteiger partial charge in [0.15, 0.2) is 5.69 Å². The molecule has 0 saturated carbocycles. The highest BCUT2D eigenvalue weighted by Gasteiger charge is 2.19. The van der Waals surface area contributed by atoms with Crippen molar-refractivity contribution in [2.75, 3.05) is 31.2 Å². The first kappa shape index (κ1) is 13.5. The average Bonchev–Trinajstić information content (AvgIpc) is 2.56. The Kier molecular flexibility index (Phi) is 3.79. The molecule has 6 heteroatoms. The summed E-state index contributed by atoms with van der Waals surface area (Å²) in [5, 5.41) is 9.42. The van der Waals surface area contributed by atoms with Crippen LogP contribution >= 0.6 is 0 Å². The number of carboxylic acids is 1. The van der Waals surface area contributed by atoms with E-state index in [-0.39, 0.29) is 5.69 Å². The molecule has 0 aliphatic carbocycles. The van der Waals surface area contributed by atoms with Crippen molar-refractivity contribution in [3.63, 3.8) is 0 Å². The van der Waals surface area contributed by atoms with Crippen molar-refractivity contribution < 1.29 is 14.6 Å². The third kappa shape index (κ3) is 2.85. The van der Waals surface area contributed by atoms with Crippen LogP contribution in [0.3, 0.4) is 0 Å². The number of nitrogens with zero attached hydrogens (tertiary/aromatic N) is 3. The molecule has 1 aromatic heterocycles. The molecule has 0 spiro atoms. The molecule has 1 fully saturated rings. The second-order valence-corrected chi connectivity index (χ2v) is 4.70. The minimum atomic E-state index is -1.05. The number of ether oxygens (including phenoxy) is 1. The largest absolute Gasteiger partial charge is 0.476 e. The minimum absolute atomic E-state index is 0.0256. The van der Waals surface area contributed by atoms with Crippen LogP contribution < -0.4 is 4.90 Å². The number of aromatic carboxylic acids is 1. The summed E-state index contributed by atoms with van der Waals surface area (Å²) in [5.74, 6) is -0.610. The van der Waals surface area contributed by atoms with Crippen LogP contribution in [0.4, 0.5) is 5.95 Å². The van der Waals surface area contributed by atoms with Gasteiger partial charge >= 0.3 is 5.97 Å². The first-order chi connectivity index (χ1) is 10.3. The molecule has 1 saturated heterocycles. The number of aromatic nitrogens is 2. The molecule has 3 rings (SSSR count). The molecule has 21 heavy (non-hydrogen) atoms. The summed E-state index contributed by atoms with van der Waals surface area (Å²) in [6.45, 7) is 2.55. The van der Waals surface area contributed by atoms with Crippen LogP contribution in [0.2, 0.25) is 0 Å². The number of hydrogen-bond acceptors (Lipinski definition) is 5. The Morgan fingerprint density at radius 2 is 1.90 bits per heavy atom. The van der Waals surface area contributed by atoms with E-state index in [4.69, 9.17) is 4.74 Å². The summed E-state index contributed by atoms with van der Waals surface area (Å²) >= 11 is 0. The van der Waals surface area contributed by atoms with Gasteiger partial charge in [-0.25, -0.2) is 14.8 Å². The lowest BCUT2D eigenvalue weighted by Crippen LogP contribution is -2.37. The molecular weight excluding hydrogens is 270 g/mol. The molecule has 2 aromatic rings. The van der Waals surface area contributed by atoms with Gasteiger partial charge in [0.1, 0.15) is 0 Å². The zero-order valence-corrected chi connectivity index (χ0v) is 11.4. The quantitative estimate of drug-likeness (QED) is 0.924. The van der Waals surface area contributed by atoms with Crippen LogP contribution in [0, 0.1) is 0 Å². The van der Waals surface area contributed by atoms with Crippen LogP contribution in [0.25, 0.3) is 11.1 Å². The molecule has 0 atom stereocenters. The van der Waals surface area contributed by atoms with E-state index in [1.54, 1.807) is 6.20 Å². The number of benzene rings is 1. The van der Waals surface area contributed by atoms with Gasteiger partial charge in [-0.15, -0.1) is 0 Å². The zero-order chi connectivity index (χ0) is 14.7. The standard InChI is InChI=1S/C15H15N3O3/c19-14(20)13-12(11-4-2-1-3-5-11)10-16-15(17-13)18-6-8-21-9-7-18/h1-5,10H,6-9H2,(H,19,20). The fourth-order valence-electron chi connectivity index (χ4n) is 2.28. The summed E-state index contributed by atoms with van der Waals surface area (Å²) < 4.78 is 5.28. The van der Waals surface area contributed by atoms with Crippen LogP contribution in [-0.4, -0.2) is 47.3 Å². The van der Waals surface area contributed by atoms with Crippen molar-refractivity contribution in [2.24, 2.45) is 0 Å². The third-order valence-electron chi connectivity index (χ3n) is 3.36. The van der Waals surface area contributed by atoms with Gasteiger partial charge in [-0.3, -0.25) is 0 Å². The normalized spacial score (nSPS) is 15.0. The first-order valence-electron chi connectivity index (χ1n) is 6.74. The van der Waals surface area contributed by atoms with Gasteiger partial charge in [0, 0.05) is 24.8 Å². The maximum Gasteiger partial charge on any atom is 0.355 e. The van der Waals surface area contributed by atoms with E-state index < -0.39 is 5.97 Å². The Morgan fingerprint density at radius 1 is 1.19 bits per heavy atom. The Balaban J connectivity index is 2.00. The van der Waals surface area contributed by atoms with E-state index in [1.807, 2.05) is 35.2 Å². The van der Waals surface area contributed by atoms with Crippen LogP contribution in [-0.2, 0) is 4.74 Å². The number of carbonyl (C=O) groups is 1. The Bertz CT molecular complexity index is 640. The molecule has 0 radical (unpaired) electrons. The number of anilines is 1. The maximum absolute atomic E-state index is 11.5. The van der Waals surface area contributed by atoms with Crippen molar-refractivity contribution in [1.29, 1.82) is 0 Å². The first-order valence-corrected chi connectivity index (χ1v) is 6.74. The fourth-order valence-corrected chi connectivity index (χ4v) is 2.28. The molecular formula is C15H15N3O3. The van der Waals surface area contributed by atoms with Crippen molar-refractivity contribution >= 4 is 11.9 Å². The van der Waals surface area contributed by atoms with E-state index >= 15 is 0 Å².